The lowest BCUT2D eigenvalue weighted by molar-refractivity contribution is -0.232. The summed E-state index contributed by atoms with van der Waals surface area (Å²) in [5.41, 5.74) is 0. The Hall–Kier alpha value is -0.240. The highest BCUT2D eigenvalue weighted by atomic mass is 16.8. The van der Waals surface area contributed by atoms with Crippen LogP contribution in [-0.2, 0) is 23.7 Å². The molecule has 3 saturated heterocycles. The Bertz CT molecular complexity index is 341. The van der Waals surface area contributed by atoms with Gasteiger partial charge in [-0.15, -0.1) is 0 Å². The van der Waals surface area contributed by atoms with Crippen LogP contribution in [0.15, 0.2) is 0 Å². The third-order valence-corrected chi connectivity index (χ3v) is 3.45. The molecule has 3 fully saturated rings. The summed E-state index contributed by atoms with van der Waals surface area (Å²) in [7, 11) is 0. The predicted molar refractivity (Wildman–Crippen MR) is 59.6 cm³/mol. The minimum atomic E-state index is -0.765. The van der Waals surface area contributed by atoms with Crippen molar-refractivity contribution >= 4 is 0 Å². The molecule has 0 aromatic carbocycles. The average molecular weight is 260 g/mol. The lowest BCUT2D eigenvalue weighted by Gasteiger charge is -2.26. The number of fused-ring (bicyclic) bond motifs is 1. The van der Waals surface area contributed by atoms with Gasteiger partial charge in [0.1, 0.15) is 24.4 Å². The Morgan fingerprint density at radius 1 is 0.944 bits per heavy atom. The fourth-order valence-corrected chi connectivity index (χ4v) is 2.70. The van der Waals surface area contributed by atoms with Crippen molar-refractivity contribution in [3.8, 4) is 0 Å². The molecule has 104 valence electrons. The normalized spacial score (nSPS) is 49.5. The van der Waals surface area contributed by atoms with Crippen LogP contribution < -0.4 is 0 Å². The first kappa shape index (κ1) is 12.8. The van der Waals surface area contributed by atoms with Gasteiger partial charge < -0.3 is 28.8 Å². The summed E-state index contributed by atoms with van der Waals surface area (Å²) >= 11 is 0. The smallest absolute Gasteiger partial charge is 0.190 e. The predicted octanol–water partition coefficient (Wildman–Crippen LogP) is 0.375. The fraction of sp³-hybridized carbons (Fsp3) is 1.00. The monoisotopic (exact) mass is 260 g/mol. The number of aliphatic hydroxyl groups is 1. The van der Waals surface area contributed by atoms with E-state index in [4.69, 9.17) is 23.7 Å². The highest BCUT2D eigenvalue weighted by Crippen LogP contribution is 2.40. The number of rotatable bonds is 1. The standard InChI is InChI=1S/C12H20O6/c1-11(2)14-5-6(16-11)8-7(13)9-10(15-8)18-12(3,4)17-9/h6-10,13H,5H2,1-4H3/t6-,7+,8+,9-,10-/m0/s1. The second-order valence-corrected chi connectivity index (χ2v) is 5.93. The molecule has 0 spiro atoms. The zero-order valence-electron chi connectivity index (χ0n) is 11.1. The van der Waals surface area contributed by atoms with Crippen LogP contribution in [0.2, 0.25) is 0 Å². The summed E-state index contributed by atoms with van der Waals surface area (Å²) in [5, 5.41) is 10.3. The van der Waals surface area contributed by atoms with Crippen LogP contribution in [0, 0.1) is 0 Å². The zero-order chi connectivity index (χ0) is 13.1. The van der Waals surface area contributed by atoms with Crippen molar-refractivity contribution in [1.82, 2.24) is 0 Å². The number of ether oxygens (including phenoxy) is 5. The fourth-order valence-electron chi connectivity index (χ4n) is 2.70. The van der Waals surface area contributed by atoms with Gasteiger partial charge in [-0.3, -0.25) is 0 Å². The maximum Gasteiger partial charge on any atom is 0.190 e. The molecular weight excluding hydrogens is 240 g/mol. The van der Waals surface area contributed by atoms with Gasteiger partial charge in [-0.25, -0.2) is 0 Å². The van der Waals surface area contributed by atoms with Crippen LogP contribution in [0.25, 0.3) is 0 Å². The van der Waals surface area contributed by atoms with Gasteiger partial charge in [-0.1, -0.05) is 0 Å². The van der Waals surface area contributed by atoms with E-state index in [2.05, 4.69) is 0 Å². The van der Waals surface area contributed by atoms with Gasteiger partial charge in [0.15, 0.2) is 17.9 Å². The van der Waals surface area contributed by atoms with E-state index in [1.807, 2.05) is 13.8 Å². The first-order chi connectivity index (χ1) is 8.27. The molecule has 3 aliphatic rings. The third kappa shape index (κ3) is 2.07. The van der Waals surface area contributed by atoms with Crippen LogP contribution in [-0.4, -0.2) is 54.0 Å². The molecule has 5 atom stereocenters. The lowest BCUT2D eigenvalue weighted by Crippen LogP contribution is -2.42. The molecule has 0 saturated carbocycles. The quantitative estimate of drug-likeness (QED) is 0.735. The SMILES string of the molecule is CC1(C)O[C@@H]2O[C@H]([C@@H]3COC(C)(C)O3)[C@@H](O)[C@@H]2O1. The highest BCUT2D eigenvalue weighted by Gasteiger charge is 2.57. The van der Waals surface area contributed by atoms with Gasteiger partial charge in [-0.05, 0) is 27.7 Å². The van der Waals surface area contributed by atoms with E-state index in [1.165, 1.54) is 0 Å². The van der Waals surface area contributed by atoms with Crippen molar-refractivity contribution < 1.29 is 28.8 Å². The van der Waals surface area contributed by atoms with Gasteiger partial charge in [-0.2, -0.15) is 0 Å². The van der Waals surface area contributed by atoms with Crippen molar-refractivity contribution in [2.75, 3.05) is 6.61 Å². The third-order valence-electron chi connectivity index (χ3n) is 3.45. The van der Waals surface area contributed by atoms with Crippen molar-refractivity contribution in [2.24, 2.45) is 0 Å². The van der Waals surface area contributed by atoms with E-state index in [0.29, 0.717) is 6.61 Å². The topological polar surface area (TPSA) is 66.4 Å². The van der Waals surface area contributed by atoms with Gasteiger partial charge >= 0.3 is 0 Å². The van der Waals surface area contributed by atoms with Gasteiger partial charge in [0.2, 0.25) is 0 Å². The van der Waals surface area contributed by atoms with Crippen LogP contribution in [0.4, 0.5) is 0 Å². The van der Waals surface area contributed by atoms with Crippen LogP contribution in [0.1, 0.15) is 27.7 Å². The van der Waals surface area contributed by atoms with Crippen LogP contribution in [0.3, 0.4) is 0 Å². The molecule has 0 aromatic heterocycles. The minimum Gasteiger partial charge on any atom is -0.387 e. The minimum absolute atomic E-state index is 0.295. The second-order valence-electron chi connectivity index (χ2n) is 5.93. The van der Waals surface area contributed by atoms with Crippen LogP contribution >= 0.6 is 0 Å². The molecule has 3 heterocycles. The molecule has 6 heteroatoms. The van der Waals surface area contributed by atoms with E-state index in [0.717, 1.165) is 0 Å². The van der Waals surface area contributed by atoms with Crippen molar-refractivity contribution in [1.29, 1.82) is 0 Å². The molecular formula is C12H20O6. The molecule has 0 aromatic rings. The summed E-state index contributed by atoms with van der Waals surface area (Å²) < 4.78 is 28.1. The molecule has 0 bridgehead atoms. The van der Waals surface area contributed by atoms with E-state index in [1.54, 1.807) is 13.8 Å². The molecule has 0 aliphatic carbocycles. The lowest BCUT2D eigenvalue weighted by atomic mass is 10.1. The number of hydrogen-bond donors (Lipinski definition) is 1. The average Bonchev–Trinajstić information content (AvgIpc) is 2.81. The molecule has 6 nitrogen and oxygen atoms in total. The van der Waals surface area contributed by atoms with Gasteiger partial charge in [0.25, 0.3) is 0 Å². The summed E-state index contributed by atoms with van der Waals surface area (Å²) in [4.78, 5) is 0. The highest BCUT2D eigenvalue weighted by molar-refractivity contribution is 4.97. The summed E-state index contributed by atoms with van der Waals surface area (Å²) in [6.07, 6.45) is -2.53. The molecule has 0 amide bonds. The first-order valence-electron chi connectivity index (χ1n) is 6.28. The molecule has 0 radical (unpaired) electrons. The number of hydrogen-bond acceptors (Lipinski definition) is 6. The molecule has 0 unspecified atom stereocenters. The maximum absolute atomic E-state index is 10.3. The Morgan fingerprint density at radius 3 is 2.22 bits per heavy atom. The van der Waals surface area contributed by atoms with E-state index >= 15 is 0 Å². The summed E-state index contributed by atoms with van der Waals surface area (Å²) in [6, 6.07) is 0. The Morgan fingerprint density at radius 2 is 1.67 bits per heavy atom. The molecule has 3 aliphatic heterocycles. The largest absolute Gasteiger partial charge is 0.387 e. The second kappa shape index (κ2) is 3.88. The van der Waals surface area contributed by atoms with Crippen molar-refractivity contribution in [2.45, 2.75) is 70.0 Å². The Balaban J connectivity index is 1.68. The molecule has 1 N–H and O–H groups in total. The zero-order valence-corrected chi connectivity index (χ0v) is 11.1. The summed E-state index contributed by atoms with van der Waals surface area (Å²) in [6.45, 7) is 7.68. The van der Waals surface area contributed by atoms with E-state index in [9.17, 15) is 5.11 Å². The Labute approximate surface area is 106 Å². The van der Waals surface area contributed by atoms with E-state index in [-0.39, 0.29) is 6.10 Å². The maximum atomic E-state index is 10.3. The van der Waals surface area contributed by atoms with E-state index < -0.39 is 36.2 Å². The van der Waals surface area contributed by atoms with Gasteiger partial charge in [0, 0.05) is 0 Å². The Kier molecular flexibility index (Phi) is 2.75. The van der Waals surface area contributed by atoms with Crippen LogP contribution in [0.5, 0.6) is 0 Å². The number of aliphatic hydroxyl groups excluding tert-OH is 1. The molecule has 18 heavy (non-hydrogen) atoms. The van der Waals surface area contributed by atoms with Crippen molar-refractivity contribution in [3.05, 3.63) is 0 Å². The molecule has 3 rings (SSSR count). The summed E-state index contributed by atoms with van der Waals surface area (Å²) in [5.74, 6) is -1.35. The van der Waals surface area contributed by atoms with Gasteiger partial charge in [0.05, 0.1) is 6.61 Å². The first-order valence-corrected chi connectivity index (χ1v) is 6.28. The van der Waals surface area contributed by atoms with Crippen molar-refractivity contribution in [3.63, 3.8) is 0 Å².